The van der Waals surface area contributed by atoms with E-state index in [2.05, 4.69) is 20.3 Å². The van der Waals surface area contributed by atoms with Crippen LogP contribution in [0.25, 0.3) is 11.3 Å². The quantitative estimate of drug-likeness (QED) is 0.636. The lowest BCUT2D eigenvalue weighted by atomic mass is 10.1. The van der Waals surface area contributed by atoms with Gasteiger partial charge in [-0.3, -0.25) is 14.5 Å². The summed E-state index contributed by atoms with van der Waals surface area (Å²) in [5, 5.41) is 12.6. The normalized spacial score (nSPS) is 15.6. The maximum absolute atomic E-state index is 12.8. The van der Waals surface area contributed by atoms with Gasteiger partial charge in [0.05, 0.1) is 17.3 Å². The van der Waals surface area contributed by atoms with E-state index in [1.165, 1.54) is 24.3 Å². The largest absolute Gasteiger partial charge is 0.487 e. The molecule has 3 aromatic rings. The molecule has 9 nitrogen and oxygen atoms in total. The Morgan fingerprint density at radius 1 is 1.29 bits per heavy atom. The van der Waals surface area contributed by atoms with Gasteiger partial charge in [0.1, 0.15) is 12.6 Å². The number of carbonyl (C=O) groups excluding carboxylic acids is 2. The predicted molar refractivity (Wildman–Crippen MR) is 113 cm³/mol. The number of halogens is 1. The van der Waals surface area contributed by atoms with Crippen LogP contribution in [0.2, 0.25) is 5.02 Å². The first-order valence-electron chi connectivity index (χ1n) is 9.37. The number of hydrogen-bond acceptors (Lipinski definition) is 7. The number of aliphatic hydroxyl groups is 1. The van der Waals surface area contributed by atoms with E-state index >= 15 is 0 Å². The number of rotatable bonds is 4. The Kier molecular flexibility index (Phi) is 5.79. The van der Waals surface area contributed by atoms with Crippen molar-refractivity contribution in [2.24, 2.45) is 0 Å². The number of pyridine rings is 1. The number of aromatic nitrogens is 3. The second-order valence-electron chi connectivity index (χ2n) is 6.80. The summed E-state index contributed by atoms with van der Waals surface area (Å²) >= 11 is 5.95. The summed E-state index contributed by atoms with van der Waals surface area (Å²) < 4.78 is 5.65. The molecule has 2 amide bonds. The van der Waals surface area contributed by atoms with Crippen LogP contribution in [0.4, 0.5) is 5.82 Å². The maximum Gasteiger partial charge on any atom is 0.289 e. The van der Waals surface area contributed by atoms with Crippen molar-refractivity contribution in [3.05, 3.63) is 65.2 Å². The number of nitrogens with zero attached hydrogens (tertiary/aromatic N) is 4. The average Bonchev–Trinajstić information content (AvgIpc) is 2.91. The van der Waals surface area contributed by atoms with Crippen molar-refractivity contribution in [1.29, 1.82) is 0 Å². The van der Waals surface area contributed by atoms with Gasteiger partial charge in [-0.25, -0.2) is 15.0 Å². The molecule has 10 heteroatoms. The molecule has 2 aromatic heterocycles. The van der Waals surface area contributed by atoms with Crippen molar-refractivity contribution in [3.8, 4) is 17.0 Å². The summed E-state index contributed by atoms with van der Waals surface area (Å²) in [5.41, 5.74) is 1.65. The third-order valence-electron chi connectivity index (χ3n) is 4.74. The van der Waals surface area contributed by atoms with E-state index in [0.29, 0.717) is 27.8 Å². The number of nitrogens with one attached hydrogen (secondary N) is 1. The van der Waals surface area contributed by atoms with Crippen molar-refractivity contribution >= 4 is 29.2 Å². The van der Waals surface area contributed by atoms with E-state index in [4.69, 9.17) is 16.3 Å². The van der Waals surface area contributed by atoms with Gasteiger partial charge in [0.25, 0.3) is 11.8 Å². The Hall–Kier alpha value is -3.56. The first kappa shape index (κ1) is 20.7. The summed E-state index contributed by atoms with van der Waals surface area (Å²) in [7, 11) is 1.54. The standard InChI is InChI=1S/C21H18ClN5O4/c1-27-19-16(7-14(22)9-24-19)31-11-15(21(27)30)25-20(29)18-23-8-13(10-28)17(26-18)12-5-3-2-4-6-12/h2-9,15,28H,10-11H2,1H3,(H,25,29)/t15-/m0/s1. The molecule has 1 atom stereocenters. The molecule has 0 saturated carbocycles. The van der Waals surface area contributed by atoms with Crippen LogP contribution in [0.3, 0.4) is 0 Å². The van der Waals surface area contributed by atoms with E-state index in [1.54, 1.807) is 6.07 Å². The predicted octanol–water partition coefficient (Wildman–Crippen LogP) is 1.84. The molecule has 0 radical (unpaired) electrons. The zero-order valence-corrected chi connectivity index (χ0v) is 17.2. The molecule has 31 heavy (non-hydrogen) atoms. The summed E-state index contributed by atoms with van der Waals surface area (Å²) in [5.74, 6) is -0.531. The molecule has 0 unspecified atom stereocenters. The van der Waals surface area contributed by atoms with E-state index < -0.39 is 17.9 Å². The Morgan fingerprint density at radius 2 is 2.06 bits per heavy atom. The minimum Gasteiger partial charge on any atom is -0.487 e. The van der Waals surface area contributed by atoms with Gasteiger partial charge in [0, 0.05) is 36.6 Å². The molecule has 0 saturated heterocycles. The van der Waals surface area contributed by atoms with Crippen LogP contribution >= 0.6 is 11.6 Å². The minimum atomic E-state index is -0.980. The lowest BCUT2D eigenvalue weighted by Crippen LogP contribution is -2.49. The van der Waals surface area contributed by atoms with Crippen molar-refractivity contribution in [1.82, 2.24) is 20.3 Å². The van der Waals surface area contributed by atoms with Crippen molar-refractivity contribution in [2.45, 2.75) is 12.6 Å². The summed E-state index contributed by atoms with van der Waals surface area (Å²) in [6.07, 6.45) is 2.80. The fourth-order valence-electron chi connectivity index (χ4n) is 3.16. The molecule has 0 fully saturated rings. The highest BCUT2D eigenvalue weighted by atomic mass is 35.5. The van der Waals surface area contributed by atoms with Crippen LogP contribution in [0, 0.1) is 0 Å². The first-order valence-corrected chi connectivity index (χ1v) is 9.74. The second kappa shape index (κ2) is 8.66. The van der Waals surface area contributed by atoms with Crippen LogP contribution in [0.15, 0.2) is 48.8 Å². The Bertz CT molecular complexity index is 1140. The third kappa shape index (κ3) is 4.18. The van der Waals surface area contributed by atoms with E-state index in [-0.39, 0.29) is 19.0 Å². The SMILES string of the molecule is CN1C(=O)[C@@H](NC(=O)c2ncc(CO)c(-c3ccccc3)n2)COc2cc(Cl)cnc21. The molecule has 158 valence electrons. The molecule has 3 heterocycles. The highest BCUT2D eigenvalue weighted by Gasteiger charge is 2.32. The molecule has 0 bridgehead atoms. The van der Waals surface area contributed by atoms with Crippen LogP contribution < -0.4 is 15.0 Å². The molecule has 0 spiro atoms. The first-order chi connectivity index (χ1) is 15.0. The molecular formula is C21H18ClN5O4. The van der Waals surface area contributed by atoms with Crippen molar-refractivity contribution < 1.29 is 19.4 Å². The number of carbonyl (C=O) groups is 2. The van der Waals surface area contributed by atoms with Gasteiger partial charge in [-0.1, -0.05) is 41.9 Å². The monoisotopic (exact) mass is 439 g/mol. The molecular weight excluding hydrogens is 422 g/mol. The third-order valence-corrected chi connectivity index (χ3v) is 4.95. The number of likely N-dealkylation sites (N-methyl/N-ethyl adjacent to an activating group) is 1. The smallest absolute Gasteiger partial charge is 0.289 e. The molecule has 1 aromatic carbocycles. The average molecular weight is 440 g/mol. The Morgan fingerprint density at radius 3 is 2.81 bits per heavy atom. The molecule has 0 aliphatic carbocycles. The molecule has 2 N–H and O–H groups in total. The maximum atomic E-state index is 12.8. The fraction of sp³-hybridized carbons (Fsp3) is 0.190. The highest BCUT2D eigenvalue weighted by Crippen LogP contribution is 2.30. The molecule has 1 aliphatic rings. The lowest BCUT2D eigenvalue weighted by Gasteiger charge is -2.19. The zero-order chi connectivity index (χ0) is 22.0. The molecule has 4 rings (SSSR count). The number of anilines is 1. The summed E-state index contributed by atoms with van der Waals surface area (Å²) in [6.45, 7) is -0.385. The number of fused-ring (bicyclic) bond motifs is 1. The van der Waals surface area contributed by atoms with Gasteiger partial charge in [0.15, 0.2) is 11.6 Å². The molecule has 1 aliphatic heterocycles. The number of aliphatic hydroxyl groups excluding tert-OH is 1. The van der Waals surface area contributed by atoms with Crippen molar-refractivity contribution in [3.63, 3.8) is 0 Å². The highest BCUT2D eigenvalue weighted by molar-refractivity contribution is 6.30. The van der Waals surface area contributed by atoms with Crippen LogP contribution in [-0.2, 0) is 11.4 Å². The van der Waals surface area contributed by atoms with Gasteiger partial charge in [-0.05, 0) is 0 Å². The fourth-order valence-corrected chi connectivity index (χ4v) is 3.31. The Labute approximate surface area is 182 Å². The Balaban J connectivity index is 1.58. The van der Waals surface area contributed by atoms with Crippen LogP contribution in [0.1, 0.15) is 16.2 Å². The van der Waals surface area contributed by atoms with E-state index in [1.807, 2.05) is 30.3 Å². The number of hydrogen-bond donors (Lipinski definition) is 2. The van der Waals surface area contributed by atoms with Gasteiger partial charge in [0.2, 0.25) is 5.82 Å². The number of benzene rings is 1. The van der Waals surface area contributed by atoms with E-state index in [0.717, 1.165) is 5.56 Å². The van der Waals surface area contributed by atoms with Gasteiger partial charge in [-0.15, -0.1) is 0 Å². The van der Waals surface area contributed by atoms with Crippen molar-refractivity contribution in [2.75, 3.05) is 18.6 Å². The van der Waals surface area contributed by atoms with Crippen LogP contribution in [-0.4, -0.2) is 51.6 Å². The van der Waals surface area contributed by atoms with Gasteiger partial charge in [-0.2, -0.15) is 0 Å². The second-order valence-corrected chi connectivity index (χ2v) is 7.24. The summed E-state index contributed by atoms with van der Waals surface area (Å²) in [6, 6.07) is 9.71. The minimum absolute atomic E-state index is 0.107. The topological polar surface area (TPSA) is 118 Å². The van der Waals surface area contributed by atoms with Crippen LogP contribution in [0.5, 0.6) is 5.75 Å². The van der Waals surface area contributed by atoms with E-state index in [9.17, 15) is 14.7 Å². The summed E-state index contributed by atoms with van der Waals surface area (Å²) in [4.78, 5) is 39.5. The number of amides is 2. The number of ether oxygens (including phenoxy) is 1. The van der Waals surface area contributed by atoms with Gasteiger partial charge < -0.3 is 15.2 Å². The lowest BCUT2D eigenvalue weighted by molar-refractivity contribution is -0.120. The zero-order valence-electron chi connectivity index (χ0n) is 16.4. The van der Waals surface area contributed by atoms with Gasteiger partial charge >= 0.3 is 0 Å².